The summed E-state index contributed by atoms with van der Waals surface area (Å²) in [5, 5.41) is 0. The second-order valence-corrected chi connectivity index (χ2v) is 5.57. The van der Waals surface area contributed by atoms with E-state index in [4.69, 9.17) is 0 Å². The highest BCUT2D eigenvalue weighted by Gasteiger charge is 2.15. The van der Waals surface area contributed by atoms with E-state index in [2.05, 4.69) is 20.8 Å². The number of hydrogen-bond donors (Lipinski definition) is 0. The van der Waals surface area contributed by atoms with Crippen molar-refractivity contribution in [2.75, 3.05) is 0 Å². The quantitative estimate of drug-likeness (QED) is 0.573. The number of Topliss-reactive ketones (excluding diaryl/α,β-unsaturated/α-hetero) is 2. The molecule has 0 spiro atoms. The minimum absolute atomic E-state index is 0.0279. The molecule has 0 atom stereocenters. The molecule has 0 bridgehead atoms. The highest BCUT2D eigenvalue weighted by atomic mass is 16.1. The largest absolute Gasteiger partial charge is 0.299 e. The third-order valence-corrected chi connectivity index (χ3v) is 2.61. The molecule has 17 heavy (non-hydrogen) atoms. The SMILES string of the molecule is CC(C)(C)CCC(=O)CC(=O)c1ccccc1. The fraction of sp³-hybridized carbons (Fsp3) is 0.467. The van der Waals surface area contributed by atoms with Crippen LogP contribution in [0, 0.1) is 5.41 Å². The van der Waals surface area contributed by atoms with Crippen molar-refractivity contribution < 1.29 is 9.59 Å². The Morgan fingerprint density at radius 1 is 1.06 bits per heavy atom. The number of rotatable bonds is 5. The first-order chi connectivity index (χ1) is 7.88. The molecule has 0 unspecified atom stereocenters. The second kappa shape index (κ2) is 5.76. The van der Waals surface area contributed by atoms with E-state index >= 15 is 0 Å². The van der Waals surface area contributed by atoms with Crippen LogP contribution in [0.4, 0.5) is 0 Å². The molecule has 2 nitrogen and oxygen atoms in total. The van der Waals surface area contributed by atoms with Gasteiger partial charge in [0, 0.05) is 12.0 Å². The van der Waals surface area contributed by atoms with E-state index in [1.54, 1.807) is 12.1 Å². The van der Waals surface area contributed by atoms with Gasteiger partial charge in [0.25, 0.3) is 0 Å². The summed E-state index contributed by atoms with van der Waals surface area (Å²) in [5.74, 6) is -0.0433. The molecular formula is C15H20O2. The molecule has 0 aliphatic rings. The third kappa shape index (κ3) is 5.43. The van der Waals surface area contributed by atoms with Crippen molar-refractivity contribution in [2.24, 2.45) is 5.41 Å². The summed E-state index contributed by atoms with van der Waals surface area (Å²) in [7, 11) is 0. The molecule has 1 aromatic carbocycles. The van der Waals surface area contributed by atoms with Crippen LogP contribution in [-0.4, -0.2) is 11.6 Å². The van der Waals surface area contributed by atoms with Crippen molar-refractivity contribution in [2.45, 2.75) is 40.0 Å². The molecule has 0 aromatic heterocycles. The lowest BCUT2D eigenvalue weighted by molar-refractivity contribution is -0.118. The molecule has 92 valence electrons. The minimum Gasteiger partial charge on any atom is -0.299 e. The lowest BCUT2D eigenvalue weighted by Gasteiger charge is -2.16. The van der Waals surface area contributed by atoms with Gasteiger partial charge in [-0.2, -0.15) is 0 Å². The predicted octanol–water partition coefficient (Wildman–Crippen LogP) is 3.65. The Bertz CT molecular complexity index is 385. The molecule has 0 aliphatic carbocycles. The average molecular weight is 232 g/mol. The zero-order valence-electron chi connectivity index (χ0n) is 10.8. The Morgan fingerprint density at radius 3 is 2.18 bits per heavy atom. The van der Waals surface area contributed by atoms with Crippen LogP contribution < -0.4 is 0 Å². The lowest BCUT2D eigenvalue weighted by atomic mass is 9.88. The van der Waals surface area contributed by atoms with Crippen LogP contribution in [0.3, 0.4) is 0 Å². The van der Waals surface area contributed by atoms with Gasteiger partial charge >= 0.3 is 0 Å². The summed E-state index contributed by atoms with van der Waals surface area (Å²) in [4.78, 5) is 23.4. The molecule has 0 fully saturated rings. The van der Waals surface area contributed by atoms with Crippen LogP contribution in [-0.2, 0) is 4.79 Å². The van der Waals surface area contributed by atoms with E-state index < -0.39 is 0 Å². The summed E-state index contributed by atoms with van der Waals surface area (Å²) >= 11 is 0. The van der Waals surface area contributed by atoms with Crippen LogP contribution in [0.15, 0.2) is 30.3 Å². The predicted molar refractivity (Wildman–Crippen MR) is 69.1 cm³/mol. The van der Waals surface area contributed by atoms with E-state index in [0.29, 0.717) is 12.0 Å². The molecule has 1 rings (SSSR count). The van der Waals surface area contributed by atoms with Gasteiger partial charge in [-0.3, -0.25) is 9.59 Å². The van der Waals surface area contributed by atoms with Gasteiger partial charge in [-0.25, -0.2) is 0 Å². The molecule has 0 radical (unpaired) electrons. The number of carbonyl (C=O) groups is 2. The van der Waals surface area contributed by atoms with Gasteiger partial charge in [0.05, 0.1) is 6.42 Å². The van der Waals surface area contributed by atoms with Crippen LogP contribution in [0.5, 0.6) is 0 Å². The minimum atomic E-state index is -0.0792. The normalized spacial score (nSPS) is 11.2. The Kier molecular flexibility index (Phi) is 4.62. The average Bonchev–Trinajstić information content (AvgIpc) is 2.27. The fourth-order valence-corrected chi connectivity index (χ4v) is 1.51. The van der Waals surface area contributed by atoms with Crippen molar-refractivity contribution in [3.8, 4) is 0 Å². The van der Waals surface area contributed by atoms with Gasteiger partial charge in [0.1, 0.15) is 5.78 Å². The first-order valence-corrected chi connectivity index (χ1v) is 5.98. The summed E-state index contributed by atoms with van der Waals surface area (Å²) in [6.07, 6.45) is 1.34. The molecule has 1 aromatic rings. The zero-order chi connectivity index (χ0) is 12.9. The Balaban J connectivity index is 2.45. The van der Waals surface area contributed by atoms with E-state index in [0.717, 1.165) is 6.42 Å². The third-order valence-electron chi connectivity index (χ3n) is 2.61. The molecule has 0 amide bonds. The smallest absolute Gasteiger partial charge is 0.170 e. The lowest BCUT2D eigenvalue weighted by Crippen LogP contribution is -2.12. The highest BCUT2D eigenvalue weighted by Crippen LogP contribution is 2.21. The van der Waals surface area contributed by atoms with Gasteiger partial charge < -0.3 is 0 Å². The van der Waals surface area contributed by atoms with Crippen molar-refractivity contribution in [3.05, 3.63) is 35.9 Å². The molecule has 0 saturated heterocycles. The Morgan fingerprint density at radius 2 is 1.65 bits per heavy atom. The van der Waals surface area contributed by atoms with Crippen molar-refractivity contribution in [3.63, 3.8) is 0 Å². The maximum atomic E-state index is 11.8. The maximum absolute atomic E-state index is 11.8. The first-order valence-electron chi connectivity index (χ1n) is 5.98. The number of carbonyl (C=O) groups excluding carboxylic acids is 2. The molecular weight excluding hydrogens is 212 g/mol. The monoisotopic (exact) mass is 232 g/mol. The summed E-state index contributed by atoms with van der Waals surface area (Å²) in [6, 6.07) is 8.98. The van der Waals surface area contributed by atoms with Crippen molar-refractivity contribution >= 4 is 11.6 Å². The van der Waals surface area contributed by atoms with E-state index in [1.165, 1.54) is 0 Å². The van der Waals surface area contributed by atoms with E-state index in [1.807, 2.05) is 18.2 Å². The molecule has 0 heterocycles. The number of ketones is 2. The standard InChI is InChI=1S/C15H20O2/c1-15(2,3)10-9-13(16)11-14(17)12-7-5-4-6-8-12/h4-8H,9-11H2,1-3H3. The summed E-state index contributed by atoms with van der Waals surface area (Å²) in [5.41, 5.74) is 0.766. The molecule has 0 saturated carbocycles. The maximum Gasteiger partial charge on any atom is 0.170 e. The topological polar surface area (TPSA) is 34.1 Å². The van der Waals surface area contributed by atoms with Crippen LogP contribution in [0.1, 0.15) is 50.4 Å². The molecule has 0 N–H and O–H groups in total. The number of benzene rings is 1. The highest BCUT2D eigenvalue weighted by molar-refractivity contribution is 6.07. The number of hydrogen-bond acceptors (Lipinski definition) is 2. The van der Waals surface area contributed by atoms with Crippen molar-refractivity contribution in [1.29, 1.82) is 0 Å². The van der Waals surface area contributed by atoms with Gasteiger partial charge in [0.15, 0.2) is 5.78 Å². The van der Waals surface area contributed by atoms with Gasteiger partial charge in [-0.15, -0.1) is 0 Å². The van der Waals surface area contributed by atoms with Gasteiger partial charge in [-0.1, -0.05) is 51.1 Å². The van der Waals surface area contributed by atoms with E-state index in [9.17, 15) is 9.59 Å². The Hall–Kier alpha value is -1.44. The van der Waals surface area contributed by atoms with E-state index in [-0.39, 0.29) is 23.4 Å². The van der Waals surface area contributed by atoms with Crippen molar-refractivity contribution in [1.82, 2.24) is 0 Å². The van der Waals surface area contributed by atoms with Crippen LogP contribution >= 0.6 is 0 Å². The summed E-state index contributed by atoms with van der Waals surface area (Å²) in [6.45, 7) is 6.29. The van der Waals surface area contributed by atoms with Gasteiger partial charge in [-0.05, 0) is 11.8 Å². The second-order valence-electron chi connectivity index (χ2n) is 5.57. The van der Waals surface area contributed by atoms with Crippen LogP contribution in [0.25, 0.3) is 0 Å². The van der Waals surface area contributed by atoms with Gasteiger partial charge in [0.2, 0.25) is 0 Å². The first kappa shape index (κ1) is 13.6. The fourth-order valence-electron chi connectivity index (χ4n) is 1.51. The molecule has 2 heteroatoms. The Labute approximate surface area is 103 Å². The summed E-state index contributed by atoms with van der Waals surface area (Å²) < 4.78 is 0. The zero-order valence-corrected chi connectivity index (χ0v) is 10.8. The molecule has 0 aliphatic heterocycles. The van der Waals surface area contributed by atoms with Crippen LogP contribution in [0.2, 0.25) is 0 Å².